The van der Waals surface area contributed by atoms with E-state index in [2.05, 4.69) is 5.32 Å². The maximum absolute atomic E-state index is 12.3. The number of nitrogens with one attached hydrogen (secondary N) is 1. The molecule has 1 atom stereocenters. The van der Waals surface area contributed by atoms with Gasteiger partial charge in [0.05, 0.1) is 5.56 Å². The number of carbonyl (C=O) groups excluding carboxylic acids is 3. The molecule has 3 N–H and O–H groups in total. The van der Waals surface area contributed by atoms with Gasteiger partial charge in [-0.1, -0.05) is 42.5 Å². The summed E-state index contributed by atoms with van der Waals surface area (Å²) in [5.74, 6) is -1.44. The van der Waals surface area contributed by atoms with Crippen LogP contribution in [0.2, 0.25) is 0 Å². The Morgan fingerprint density at radius 1 is 1.04 bits per heavy atom. The summed E-state index contributed by atoms with van der Waals surface area (Å²) in [6.45, 7) is 1.98. The van der Waals surface area contributed by atoms with Crippen LogP contribution in [-0.4, -0.2) is 24.3 Å². The molecule has 0 saturated carbocycles. The highest BCUT2D eigenvalue weighted by Crippen LogP contribution is 2.19. The quantitative estimate of drug-likeness (QED) is 0.750. The average molecular weight is 340 g/mol. The molecule has 0 aromatic heterocycles. The predicted octanol–water partition coefficient (Wildman–Crippen LogP) is 1.75. The van der Waals surface area contributed by atoms with Crippen LogP contribution in [0.15, 0.2) is 54.6 Å². The third-order valence-electron chi connectivity index (χ3n) is 3.56. The number of benzene rings is 2. The summed E-state index contributed by atoms with van der Waals surface area (Å²) in [4.78, 5) is 34.7. The molecule has 0 bridgehead atoms. The van der Waals surface area contributed by atoms with Gasteiger partial charge in [0.2, 0.25) is 12.0 Å². The van der Waals surface area contributed by atoms with Crippen LogP contribution in [0.4, 0.5) is 0 Å². The molecule has 6 heteroatoms. The minimum atomic E-state index is -1.13. The summed E-state index contributed by atoms with van der Waals surface area (Å²) in [7, 11) is 0. The lowest BCUT2D eigenvalue weighted by molar-refractivity contribution is -0.127. The number of hydrogen-bond acceptors (Lipinski definition) is 4. The molecule has 2 aromatic carbocycles. The van der Waals surface area contributed by atoms with Crippen LogP contribution in [-0.2, 0) is 20.7 Å². The highest BCUT2D eigenvalue weighted by atomic mass is 16.5. The normalized spacial score (nSPS) is 11.4. The van der Waals surface area contributed by atoms with Crippen LogP contribution < -0.4 is 11.1 Å². The van der Waals surface area contributed by atoms with Gasteiger partial charge in [-0.05, 0) is 24.1 Å². The number of nitrogens with two attached hydrogens (primary N) is 1. The fraction of sp³-hybridized carbons (Fsp3) is 0.211. The van der Waals surface area contributed by atoms with Crippen molar-refractivity contribution in [1.29, 1.82) is 0 Å². The number of rotatable bonds is 7. The van der Waals surface area contributed by atoms with Crippen molar-refractivity contribution in [3.63, 3.8) is 0 Å². The Morgan fingerprint density at radius 3 is 2.24 bits per heavy atom. The van der Waals surface area contributed by atoms with Gasteiger partial charge in [0, 0.05) is 19.0 Å². The lowest BCUT2D eigenvalue weighted by atomic mass is 10.1. The van der Waals surface area contributed by atoms with Crippen molar-refractivity contribution >= 4 is 17.8 Å². The fourth-order valence-corrected chi connectivity index (χ4v) is 2.28. The lowest BCUT2D eigenvalue weighted by Crippen LogP contribution is -2.26. The summed E-state index contributed by atoms with van der Waals surface area (Å²) in [6, 6.07) is 15.4. The molecule has 0 aliphatic heterocycles. The monoisotopic (exact) mass is 340 g/mol. The Hall–Kier alpha value is -3.15. The van der Waals surface area contributed by atoms with E-state index in [1.54, 1.807) is 54.6 Å². The molecule has 0 fully saturated rings. The van der Waals surface area contributed by atoms with Crippen molar-refractivity contribution < 1.29 is 19.1 Å². The summed E-state index contributed by atoms with van der Waals surface area (Å²) in [5.41, 5.74) is 7.17. The van der Waals surface area contributed by atoms with Gasteiger partial charge in [0.25, 0.3) is 5.91 Å². The minimum absolute atomic E-state index is 0.0846. The van der Waals surface area contributed by atoms with E-state index in [4.69, 9.17) is 10.5 Å². The molecule has 2 rings (SSSR count). The molecule has 2 aromatic rings. The number of carbonyl (C=O) groups is 3. The van der Waals surface area contributed by atoms with E-state index in [0.29, 0.717) is 24.1 Å². The first-order valence-electron chi connectivity index (χ1n) is 7.86. The van der Waals surface area contributed by atoms with Gasteiger partial charge in [0.15, 0.2) is 0 Å². The first-order chi connectivity index (χ1) is 12.0. The minimum Gasteiger partial charge on any atom is -0.444 e. The van der Waals surface area contributed by atoms with Crippen LogP contribution in [0.1, 0.15) is 34.5 Å². The van der Waals surface area contributed by atoms with Crippen LogP contribution in [0, 0.1) is 0 Å². The number of primary amides is 1. The van der Waals surface area contributed by atoms with Gasteiger partial charge in [0.1, 0.15) is 0 Å². The third-order valence-corrected chi connectivity index (χ3v) is 3.56. The predicted molar refractivity (Wildman–Crippen MR) is 92.6 cm³/mol. The van der Waals surface area contributed by atoms with Crippen LogP contribution >= 0.6 is 0 Å². The molecule has 0 heterocycles. The molecular formula is C19H20N2O4. The Balaban J connectivity index is 2.02. The Labute approximate surface area is 146 Å². The Bertz CT molecular complexity index is 742. The molecule has 130 valence electrons. The van der Waals surface area contributed by atoms with E-state index in [1.807, 2.05) is 0 Å². The maximum atomic E-state index is 12.3. The second-order valence-electron chi connectivity index (χ2n) is 5.53. The molecule has 0 aliphatic rings. The molecule has 0 spiro atoms. The van der Waals surface area contributed by atoms with E-state index < -0.39 is 18.0 Å². The smallest absolute Gasteiger partial charge is 0.339 e. The van der Waals surface area contributed by atoms with Gasteiger partial charge in [-0.2, -0.15) is 0 Å². The topological polar surface area (TPSA) is 98.5 Å². The summed E-state index contributed by atoms with van der Waals surface area (Å²) < 4.78 is 5.27. The van der Waals surface area contributed by atoms with E-state index in [0.717, 1.165) is 5.56 Å². The van der Waals surface area contributed by atoms with Gasteiger partial charge in [-0.3, -0.25) is 9.59 Å². The summed E-state index contributed by atoms with van der Waals surface area (Å²) >= 11 is 0. The highest BCUT2D eigenvalue weighted by Gasteiger charge is 2.23. The van der Waals surface area contributed by atoms with Crippen molar-refractivity contribution in [2.24, 2.45) is 5.73 Å². The van der Waals surface area contributed by atoms with Gasteiger partial charge in [-0.25, -0.2) is 4.79 Å². The fourth-order valence-electron chi connectivity index (χ4n) is 2.28. The largest absolute Gasteiger partial charge is 0.444 e. The molecule has 0 aliphatic carbocycles. The standard InChI is InChI=1S/C19H20N2O4/c1-13(22)21-12-11-14-7-9-16(10-8-14)19(24)25-17(18(20)23)15-5-3-2-4-6-15/h2-10,17H,11-12H2,1H3,(H2,20,23)(H,21,22). The van der Waals surface area contributed by atoms with Gasteiger partial charge in [-0.15, -0.1) is 0 Å². The molecule has 0 saturated heterocycles. The van der Waals surface area contributed by atoms with E-state index in [9.17, 15) is 14.4 Å². The van der Waals surface area contributed by atoms with Crippen molar-refractivity contribution in [3.05, 3.63) is 71.3 Å². The van der Waals surface area contributed by atoms with E-state index in [1.165, 1.54) is 6.92 Å². The Morgan fingerprint density at radius 2 is 1.68 bits per heavy atom. The van der Waals surface area contributed by atoms with E-state index >= 15 is 0 Å². The highest BCUT2D eigenvalue weighted by molar-refractivity contribution is 5.92. The van der Waals surface area contributed by atoms with Crippen molar-refractivity contribution in [1.82, 2.24) is 5.32 Å². The van der Waals surface area contributed by atoms with Crippen LogP contribution in [0.3, 0.4) is 0 Å². The number of amides is 2. The van der Waals surface area contributed by atoms with Gasteiger partial charge >= 0.3 is 5.97 Å². The molecule has 2 amide bonds. The van der Waals surface area contributed by atoms with Crippen molar-refractivity contribution in [2.75, 3.05) is 6.54 Å². The lowest BCUT2D eigenvalue weighted by Gasteiger charge is -2.15. The Kier molecular flexibility index (Phi) is 6.28. The first-order valence-corrected chi connectivity index (χ1v) is 7.86. The van der Waals surface area contributed by atoms with Crippen LogP contribution in [0.25, 0.3) is 0 Å². The molecule has 1 unspecified atom stereocenters. The zero-order valence-electron chi connectivity index (χ0n) is 13.9. The zero-order chi connectivity index (χ0) is 18.2. The molecule has 25 heavy (non-hydrogen) atoms. The first kappa shape index (κ1) is 18.2. The number of esters is 1. The van der Waals surface area contributed by atoms with Crippen LogP contribution in [0.5, 0.6) is 0 Å². The van der Waals surface area contributed by atoms with Crippen molar-refractivity contribution in [3.8, 4) is 0 Å². The average Bonchev–Trinajstić information content (AvgIpc) is 2.60. The van der Waals surface area contributed by atoms with Crippen molar-refractivity contribution in [2.45, 2.75) is 19.4 Å². The van der Waals surface area contributed by atoms with Gasteiger partial charge < -0.3 is 15.8 Å². The molecule has 0 radical (unpaired) electrons. The number of hydrogen-bond donors (Lipinski definition) is 2. The SMILES string of the molecule is CC(=O)NCCc1ccc(C(=O)OC(C(N)=O)c2ccccc2)cc1. The third kappa shape index (κ3) is 5.46. The second kappa shape index (κ2) is 8.63. The van der Waals surface area contributed by atoms with E-state index in [-0.39, 0.29) is 5.91 Å². The second-order valence-corrected chi connectivity index (χ2v) is 5.53. The number of ether oxygens (including phenoxy) is 1. The maximum Gasteiger partial charge on any atom is 0.339 e. The zero-order valence-corrected chi connectivity index (χ0v) is 13.9. The molecular weight excluding hydrogens is 320 g/mol. The summed E-state index contributed by atoms with van der Waals surface area (Å²) in [6.07, 6.45) is -0.476. The summed E-state index contributed by atoms with van der Waals surface area (Å²) in [5, 5.41) is 2.71. The molecule has 6 nitrogen and oxygen atoms in total.